The zero-order valence-electron chi connectivity index (χ0n) is 14.5. The highest BCUT2D eigenvalue weighted by atomic mass is 32.2. The molecule has 1 aromatic heterocycles. The molecule has 2 aromatic rings. The fourth-order valence-electron chi connectivity index (χ4n) is 2.09. The van der Waals surface area contributed by atoms with Crippen LogP contribution in [0.15, 0.2) is 35.7 Å². The minimum absolute atomic E-state index is 0.0143. The van der Waals surface area contributed by atoms with Crippen LogP contribution in [-0.2, 0) is 6.54 Å². The van der Waals surface area contributed by atoms with Crippen molar-refractivity contribution in [2.24, 2.45) is 5.92 Å². The number of nitrogens with zero attached hydrogens (tertiary/aromatic N) is 2. The maximum absolute atomic E-state index is 13.8. The molecule has 1 atom stereocenters. The third-order valence-electron chi connectivity index (χ3n) is 3.52. The summed E-state index contributed by atoms with van der Waals surface area (Å²) in [5.41, 5.74) is 1.88. The van der Waals surface area contributed by atoms with Gasteiger partial charge in [-0.2, -0.15) is 0 Å². The minimum atomic E-state index is -0.349. The first kappa shape index (κ1) is 18.7. The lowest BCUT2D eigenvalue weighted by atomic mass is 10.1. The number of benzene rings is 1. The van der Waals surface area contributed by atoms with E-state index in [0.717, 1.165) is 22.0 Å². The van der Waals surface area contributed by atoms with Crippen molar-refractivity contribution >= 4 is 11.8 Å². The van der Waals surface area contributed by atoms with Crippen LogP contribution in [0, 0.1) is 11.7 Å². The number of hydrogen-bond acceptors (Lipinski definition) is 5. The maximum atomic E-state index is 13.8. The molecule has 1 N–H and O–H groups in total. The van der Waals surface area contributed by atoms with Crippen LogP contribution in [0.3, 0.4) is 0 Å². The molecule has 0 bridgehead atoms. The number of ether oxygens (including phenoxy) is 1. The van der Waals surface area contributed by atoms with Crippen LogP contribution in [0.4, 0.5) is 4.39 Å². The van der Waals surface area contributed by atoms with Crippen molar-refractivity contribution in [1.29, 1.82) is 0 Å². The summed E-state index contributed by atoms with van der Waals surface area (Å²) in [6.07, 6.45) is 3.67. The van der Waals surface area contributed by atoms with E-state index < -0.39 is 0 Å². The highest BCUT2D eigenvalue weighted by Gasteiger charge is 2.09. The van der Waals surface area contributed by atoms with Crippen LogP contribution in [0.2, 0.25) is 0 Å². The number of aromatic nitrogens is 2. The Morgan fingerprint density at radius 1 is 1.21 bits per heavy atom. The molecule has 0 unspecified atom stereocenters. The van der Waals surface area contributed by atoms with Gasteiger partial charge in [-0.1, -0.05) is 31.7 Å². The molecule has 0 aliphatic carbocycles. The summed E-state index contributed by atoms with van der Waals surface area (Å²) in [7, 11) is 1.46. The summed E-state index contributed by atoms with van der Waals surface area (Å²) < 4.78 is 18.7. The monoisotopic (exact) mass is 349 g/mol. The Morgan fingerprint density at radius 3 is 2.50 bits per heavy atom. The second-order valence-corrected chi connectivity index (χ2v) is 7.06. The predicted molar refractivity (Wildman–Crippen MR) is 95.8 cm³/mol. The smallest absolute Gasteiger partial charge is 0.187 e. The average Bonchev–Trinajstić information content (AvgIpc) is 2.58. The zero-order chi connectivity index (χ0) is 17.5. The van der Waals surface area contributed by atoms with E-state index >= 15 is 0 Å². The fraction of sp³-hybridized carbons (Fsp3) is 0.444. The summed E-state index contributed by atoms with van der Waals surface area (Å²) in [6, 6.07) is 5.02. The zero-order valence-corrected chi connectivity index (χ0v) is 15.4. The van der Waals surface area contributed by atoms with Gasteiger partial charge in [-0.15, -0.1) is 0 Å². The number of methoxy groups -OCH3 is 1. The molecular weight excluding hydrogens is 325 g/mol. The van der Waals surface area contributed by atoms with E-state index in [1.807, 2.05) is 25.4 Å². The molecule has 0 aliphatic heterocycles. The van der Waals surface area contributed by atoms with Gasteiger partial charge in [-0.05, 0) is 30.5 Å². The van der Waals surface area contributed by atoms with Gasteiger partial charge in [0.15, 0.2) is 16.7 Å². The quantitative estimate of drug-likeness (QED) is 0.571. The Kier molecular flexibility index (Phi) is 6.99. The third kappa shape index (κ3) is 5.46. The van der Waals surface area contributed by atoms with Crippen LogP contribution in [0.5, 0.6) is 5.75 Å². The van der Waals surface area contributed by atoms with Gasteiger partial charge >= 0.3 is 0 Å². The molecule has 0 spiro atoms. The van der Waals surface area contributed by atoms with Crippen molar-refractivity contribution < 1.29 is 9.13 Å². The summed E-state index contributed by atoms with van der Waals surface area (Å²) in [5, 5.41) is 4.16. The van der Waals surface area contributed by atoms with E-state index in [4.69, 9.17) is 4.74 Å². The van der Waals surface area contributed by atoms with Gasteiger partial charge in [0.25, 0.3) is 0 Å². The molecule has 4 nitrogen and oxygen atoms in total. The molecule has 0 amide bonds. The third-order valence-corrected chi connectivity index (χ3v) is 4.82. The van der Waals surface area contributed by atoms with Gasteiger partial charge in [-0.3, -0.25) is 0 Å². The predicted octanol–water partition coefficient (Wildman–Crippen LogP) is 4.22. The molecular formula is C18H24FN3OS. The number of nitrogens with one attached hydrogen (secondary N) is 1. The van der Waals surface area contributed by atoms with Crippen molar-refractivity contribution in [3.8, 4) is 5.75 Å². The van der Waals surface area contributed by atoms with E-state index in [1.165, 1.54) is 13.2 Å². The number of rotatable bonds is 8. The Morgan fingerprint density at radius 2 is 1.92 bits per heavy atom. The molecule has 0 fully saturated rings. The molecule has 24 heavy (non-hydrogen) atoms. The lowest BCUT2D eigenvalue weighted by Crippen LogP contribution is -2.18. The summed E-state index contributed by atoms with van der Waals surface area (Å²) in [4.78, 5) is 8.75. The van der Waals surface area contributed by atoms with Gasteiger partial charge in [-0.25, -0.2) is 14.4 Å². The molecule has 0 saturated heterocycles. The Balaban J connectivity index is 1.89. The highest BCUT2D eigenvalue weighted by Crippen LogP contribution is 2.22. The van der Waals surface area contributed by atoms with Gasteiger partial charge in [0.2, 0.25) is 0 Å². The van der Waals surface area contributed by atoms with Crippen LogP contribution in [-0.4, -0.2) is 22.8 Å². The van der Waals surface area contributed by atoms with Crippen molar-refractivity contribution in [2.45, 2.75) is 38.5 Å². The normalized spacial score (nSPS) is 12.4. The first-order valence-electron chi connectivity index (χ1n) is 8.00. The standard InChI is InChI=1S/C18H24FN3OS/c1-12(2)11-24-18-21-9-14(10-22-18)8-20-13(3)15-5-6-17(23-4)16(19)7-15/h5-7,9-10,12-13,20H,8,11H2,1-4H3/t13-/m1/s1. The Labute approximate surface area is 147 Å². The second kappa shape index (κ2) is 8.99. The molecule has 0 radical (unpaired) electrons. The lowest BCUT2D eigenvalue weighted by molar-refractivity contribution is 0.385. The van der Waals surface area contributed by atoms with Crippen molar-refractivity contribution in [3.63, 3.8) is 0 Å². The van der Waals surface area contributed by atoms with E-state index in [1.54, 1.807) is 17.8 Å². The summed E-state index contributed by atoms with van der Waals surface area (Å²) in [6.45, 7) is 6.97. The fourth-order valence-corrected chi connectivity index (χ4v) is 2.83. The molecule has 2 rings (SSSR count). The van der Waals surface area contributed by atoms with E-state index in [9.17, 15) is 4.39 Å². The average molecular weight is 349 g/mol. The Bertz CT molecular complexity index is 649. The van der Waals surface area contributed by atoms with Crippen molar-refractivity contribution in [2.75, 3.05) is 12.9 Å². The maximum Gasteiger partial charge on any atom is 0.187 e. The van der Waals surface area contributed by atoms with Crippen LogP contribution < -0.4 is 10.1 Å². The molecule has 1 heterocycles. The second-order valence-electron chi connectivity index (χ2n) is 6.08. The molecule has 6 heteroatoms. The van der Waals surface area contributed by atoms with E-state index in [2.05, 4.69) is 29.1 Å². The first-order chi connectivity index (χ1) is 11.5. The molecule has 0 aliphatic rings. The molecule has 130 valence electrons. The van der Waals surface area contributed by atoms with Crippen LogP contribution >= 0.6 is 11.8 Å². The summed E-state index contributed by atoms with van der Waals surface area (Å²) in [5.74, 6) is 1.54. The number of halogens is 1. The summed E-state index contributed by atoms with van der Waals surface area (Å²) >= 11 is 1.67. The SMILES string of the molecule is COc1ccc([C@@H](C)NCc2cnc(SCC(C)C)nc2)cc1F. The van der Waals surface area contributed by atoms with E-state index in [0.29, 0.717) is 12.5 Å². The molecule has 1 aromatic carbocycles. The Hall–Kier alpha value is -1.66. The topological polar surface area (TPSA) is 47.0 Å². The van der Waals surface area contributed by atoms with Crippen molar-refractivity contribution in [1.82, 2.24) is 15.3 Å². The lowest BCUT2D eigenvalue weighted by Gasteiger charge is -2.15. The minimum Gasteiger partial charge on any atom is -0.494 e. The van der Waals surface area contributed by atoms with Gasteiger partial charge < -0.3 is 10.1 Å². The van der Waals surface area contributed by atoms with E-state index in [-0.39, 0.29) is 17.6 Å². The molecule has 0 saturated carbocycles. The number of hydrogen-bond donors (Lipinski definition) is 1. The first-order valence-corrected chi connectivity index (χ1v) is 8.98. The van der Waals surface area contributed by atoms with Crippen molar-refractivity contribution in [3.05, 3.63) is 47.5 Å². The number of thioether (sulfide) groups is 1. The van der Waals surface area contributed by atoms with Crippen LogP contribution in [0.25, 0.3) is 0 Å². The van der Waals surface area contributed by atoms with Gasteiger partial charge in [0.1, 0.15) is 0 Å². The largest absolute Gasteiger partial charge is 0.494 e. The van der Waals surface area contributed by atoms with Gasteiger partial charge in [0, 0.05) is 36.3 Å². The van der Waals surface area contributed by atoms with Crippen LogP contribution in [0.1, 0.15) is 37.9 Å². The van der Waals surface area contributed by atoms with Gasteiger partial charge in [0.05, 0.1) is 7.11 Å². The highest BCUT2D eigenvalue weighted by molar-refractivity contribution is 7.99.